The van der Waals surface area contributed by atoms with Crippen molar-refractivity contribution in [1.29, 1.82) is 0 Å². The Balaban J connectivity index is 1.83. The number of aromatic nitrogens is 1. The molecule has 0 radical (unpaired) electrons. The highest BCUT2D eigenvalue weighted by Gasteiger charge is 2.22. The molecule has 1 N–H and O–H groups in total. The molecule has 1 aliphatic carbocycles. The SMILES string of the molecule is COc1ccc(NC2CCC(C(C)C)CC2)cn1. The molecule has 3 nitrogen and oxygen atoms in total. The molecule has 0 saturated heterocycles. The van der Waals surface area contributed by atoms with Gasteiger partial charge in [-0.1, -0.05) is 13.8 Å². The van der Waals surface area contributed by atoms with Crippen LogP contribution in [0.5, 0.6) is 5.88 Å². The molecule has 1 aliphatic rings. The van der Waals surface area contributed by atoms with Crippen LogP contribution in [0.15, 0.2) is 18.3 Å². The number of ether oxygens (including phenoxy) is 1. The van der Waals surface area contributed by atoms with Gasteiger partial charge in [-0.3, -0.25) is 0 Å². The summed E-state index contributed by atoms with van der Waals surface area (Å²) >= 11 is 0. The summed E-state index contributed by atoms with van der Waals surface area (Å²) in [5.74, 6) is 2.41. The number of nitrogens with zero attached hydrogens (tertiary/aromatic N) is 1. The highest BCUT2D eigenvalue weighted by molar-refractivity contribution is 5.43. The molecule has 0 spiro atoms. The zero-order valence-corrected chi connectivity index (χ0v) is 11.6. The largest absolute Gasteiger partial charge is 0.481 e. The summed E-state index contributed by atoms with van der Waals surface area (Å²) in [7, 11) is 1.64. The maximum absolute atomic E-state index is 5.06. The third-order valence-electron chi connectivity index (χ3n) is 4.03. The van der Waals surface area contributed by atoms with Crippen LogP contribution in [0.1, 0.15) is 39.5 Å². The lowest BCUT2D eigenvalue weighted by molar-refractivity contribution is 0.267. The van der Waals surface area contributed by atoms with E-state index in [2.05, 4.69) is 24.1 Å². The molecule has 1 heterocycles. The van der Waals surface area contributed by atoms with Gasteiger partial charge in [0.25, 0.3) is 0 Å². The average Bonchev–Trinajstić information content (AvgIpc) is 2.40. The first kappa shape index (κ1) is 13.2. The van der Waals surface area contributed by atoms with Crippen molar-refractivity contribution in [1.82, 2.24) is 4.98 Å². The van der Waals surface area contributed by atoms with Crippen molar-refractivity contribution in [3.05, 3.63) is 18.3 Å². The Hall–Kier alpha value is -1.25. The number of anilines is 1. The van der Waals surface area contributed by atoms with Gasteiger partial charge >= 0.3 is 0 Å². The van der Waals surface area contributed by atoms with Gasteiger partial charge in [0.1, 0.15) is 0 Å². The highest BCUT2D eigenvalue weighted by atomic mass is 16.5. The summed E-state index contributed by atoms with van der Waals surface area (Å²) in [5, 5.41) is 3.57. The van der Waals surface area contributed by atoms with Gasteiger partial charge in [-0.15, -0.1) is 0 Å². The van der Waals surface area contributed by atoms with Crippen molar-refractivity contribution in [2.45, 2.75) is 45.6 Å². The van der Waals surface area contributed by atoms with Crippen LogP contribution in [-0.4, -0.2) is 18.1 Å². The summed E-state index contributed by atoms with van der Waals surface area (Å²) < 4.78 is 5.06. The third kappa shape index (κ3) is 3.37. The van der Waals surface area contributed by atoms with Crippen molar-refractivity contribution >= 4 is 5.69 Å². The van der Waals surface area contributed by atoms with Gasteiger partial charge in [-0.2, -0.15) is 0 Å². The normalized spacial score (nSPS) is 24.0. The van der Waals surface area contributed by atoms with Crippen LogP contribution in [0.4, 0.5) is 5.69 Å². The monoisotopic (exact) mass is 248 g/mol. The molecule has 3 heteroatoms. The fraction of sp³-hybridized carbons (Fsp3) is 0.667. The Morgan fingerprint density at radius 3 is 2.44 bits per heavy atom. The molecule has 0 amide bonds. The van der Waals surface area contributed by atoms with Crippen LogP contribution in [0.2, 0.25) is 0 Å². The van der Waals surface area contributed by atoms with Gasteiger partial charge in [-0.25, -0.2) is 4.98 Å². The van der Waals surface area contributed by atoms with Gasteiger partial charge < -0.3 is 10.1 Å². The predicted molar refractivity (Wildman–Crippen MR) is 75.0 cm³/mol. The summed E-state index contributed by atoms with van der Waals surface area (Å²) in [4.78, 5) is 4.22. The summed E-state index contributed by atoms with van der Waals surface area (Å²) in [6.07, 6.45) is 7.09. The molecule has 100 valence electrons. The van der Waals surface area contributed by atoms with E-state index < -0.39 is 0 Å². The third-order valence-corrected chi connectivity index (χ3v) is 4.03. The molecule has 0 aromatic carbocycles. The molecule has 1 aromatic heterocycles. The van der Waals surface area contributed by atoms with Crippen LogP contribution in [0, 0.1) is 11.8 Å². The predicted octanol–water partition coefficient (Wildman–Crippen LogP) is 3.72. The van der Waals surface area contributed by atoms with E-state index in [4.69, 9.17) is 4.74 Å². The molecular formula is C15H24N2O. The Kier molecular flexibility index (Phi) is 4.45. The highest BCUT2D eigenvalue weighted by Crippen LogP contribution is 2.31. The first-order chi connectivity index (χ1) is 8.69. The molecule has 1 aromatic rings. The van der Waals surface area contributed by atoms with Crippen molar-refractivity contribution in [3.8, 4) is 5.88 Å². The Morgan fingerprint density at radius 1 is 1.22 bits per heavy atom. The van der Waals surface area contributed by atoms with Gasteiger partial charge in [0.15, 0.2) is 0 Å². The zero-order chi connectivity index (χ0) is 13.0. The lowest BCUT2D eigenvalue weighted by Gasteiger charge is -2.31. The molecule has 0 unspecified atom stereocenters. The van der Waals surface area contributed by atoms with Crippen LogP contribution in [0.25, 0.3) is 0 Å². The minimum absolute atomic E-state index is 0.607. The maximum Gasteiger partial charge on any atom is 0.213 e. The van der Waals surface area contributed by atoms with Gasteiger partial charge in [-0.05, 0) is 43.6 Å². The van der Waals surface area contributed by atoms with Gasteiger partial charge in [0.05, 0.1) is 19.0 Å². The standard InChI is InChI=1S/C15H24N2O/c1-11(2)12-4-6-13(7-5-12)17-14-8-9-15(18-3)16-10-14/h8-13,17H,4-7H2,1-3H3. The summed E-state index contributed by atoms with van der Waals surface area (Å²) in [6, 6.07) is 4.55. The van der Waals surface area contributed by atoms with Crippen molar-refractivity contribution in [3.63, 3.8) is 0 Å². The van der Waals surface area contributed by atoms with E-state index in [-0.39, 0.29) is 0 Å². The quantitative estimate of drug-likeness (QED) is 0.882. The Morgan fingerprint density at radius 2 is 1.94 bits per heavy atom. The summed E-state index contributed by atoms with van der Waals surface area (Å²) in [5.41, 5.74) is 1.10. The number of methoxy groups -OCH3 is 1. The number of hydrogen-bond acceptors (Lipinski definition) is 3. The maximum atomic E-state index is 5.06. The van der Waals surface area contributed by atoms with Crippen molar-refractivity contribution in [2.24, 2.45) is 11.8 Å². The molecule has 2 rings (SSSR count). The molecule has 0 bridgehead atoms. The Bertz CT molecular complexity index is 353. The molecule has 18 heavy (non-hydrogen) atoms. The second kappa shape index (κ2) is 6.07. The molecule has 1 saturated carbocycles. The lowest BCUT2D eigenvalue weighted by atomic mass is 9.80. The molecular weight excluding hydrogens is 224 g/mol. The second-order valence-electron chi connectivity index (χ2n) is 5.59. The first-order valence-corrected chi connectivity index (χ1v) is 6.95. The van der Waals surface area contributed by atoms with E-state index >= 15 is 0 Å². The number of hydrogen-bond donors (Lipinski definition) is 1. The van der Waals surface area contributed by atoms with Gasteiger partial charge in [0.2, 0.25) is 5.88 Å². The smallest absolute Gasteiger partial charge is 0.213 e. The summed E-state index contributed by atoms with van der Waals surface area (Å²) in [6.45, 7) is 4.68. The number of nitrogens with one attached hydrogen (secondary N) is 1. The molecule has 0 aliphatic heterocycles. The topological polar surface area (TPSA) is 34.1 Å². The Labute approximate surface area is 110 Å². The minimum Gasteiger partial charge on any atom is -0.481 e. The van der Waals surface area contributed by atoms with Crippen LogP contribution in [0.3, 0.4) is 0 Å². The second-order valence-corrected chi connectivity index (χ2v) is 5.59. The van der Waals surface area contributed by atoms with Crippen molar-refractivity contribution in [2.75, 3.05) is 12.4 Å². The van der Waals surface area contributed by atoms with Gasteiger partial charge in [0, 0.05) is 12.1 Å². The van der Waals surface area contributed by atoms with E-state index in [0.29, 0.717) is 11.9 Å². The van der Waals surface area contributed by atoms with Crippen LogP contribution < -0.4 is 10.1 Å². The van der Waals surface area contributed by atoms with E-state index in [1.807, 2.05) is 18.3 Å². The minimum atomic E-state index is 0.607. The van der Waals surface area contributed by atoms with E-state index in [9.17, 15) is 0 Å². The molecule has 1 fully saturated rings. The first-order valence-electron chi connectivity index (χ1n) is 6.95. The molecule has 0 atom stereocenters. The fourth-order valence-electron chi connectivity index (χ4n) is 2.75. The van der Waals surface area contributed by atoms with Crippen LogP contribution >= 0.6 is 0 Å². The van der Waals surface area contributed by atoms with E-state index in [0.717, 1.165) is 17.5 Å². The fourth-order valence-corrected chi connectivity index (χ4v) is 2.75. The van der Waals surface area contributed by atoms with E-state index in [1.54, 1.807) is 7.11 Å². The van der Waals surface area contributed by atoms with Crippen LogP contribution in [-0.2, 0) is 0 Å². The number of pyridine rings is 1. The average molecular weight is 248 g/mol. The van der Waals surface area contributed by atoms with Crippen molar-refractivity contribution < 1.29 is 4.74 Å². The lowest BCUT2D eigenvalue weighted by Crippen LogP contribution is -2.27. The zero-order valence-electron chi connectivity index (χ0n) is 11.6. The van der Waals surface area contributed by atoms with E-state index in [1.165, 1.54) is 25.7 Å². The number of rotatable bonds is 4.